The monoisotopic (exact) mass is 203 g/mol. The summed E-state index contributed by atoms with van der Waals surface area (Å²) in [7, 11) is 0. The third-order valence-corrected chi connectivity index (χ3v) is 3.53. The fourth-order valence-corrected chi connectivity index (χ4v) is 2.82. The summed E-state index contributed by atoms with van der Waals surface area (Å²) in [6.07, 6.45) is 2.55. The molecule has 0 aromatic heterocycles. The van der Waals surface area contributed by atoms with Gasteiger partial charge in [0.15, 0.2) is 0 Å². The molecule has 15 heavy (non-hydrogen) atoms. The SMILES string of the molecule is CCN(C(C)C)C1CCc2ccccc21. The molecule has 0 heterocycles. The average Bonchev–Trinajstić information content (AvgIpc) is 2.63. The molecule has 0 aliphatic heterocycles. The highest BCUT2D eigenvalue weighted by Crippen LogP contribution is 2.36. The summed E-state index contributed by atoms with van der Waals surface area (Å²) < 4.78 is 0. The van der Waals surface area contributed by atoms with Crippen LogP contribution in [-0.4, -0.2) is 17.5 Å². The Morgan fingerprint density at radius 3 is 2.73 bits per heavy atom. The molecule has 2 rings (SSSR count). The van der Waals surface area contributed by atoms with Crippen molar-refractivity contribution in [1.29, 1.82) is 0 Å². The van der Waals surface area contributed by atoms with Gasteiger partial charge in [0.1, 0.15) is 0 Å². The van der Waals surface area contributed by atoms with Crippen molar-refractivity contribution in [3.63, 3.8) is 0 Å². The number of rotatable bonds is 3. The van der Waals surface area contributed by atoms with Gasteiger partial charge >= 0.3 is 0 Å². The highest BCUT2D eigenvalue weighted by atomic mass is 15.2. The maximum absolute atomic E-state index is 2.60. The maximum atomic E-state index is 2.60. The van der Waals surface area contributed by atoms with Gasteiger partial charge in [-0.3, -0.25) is 4.90 Å². The predicted molar refractivity (Wildman–Crippen MR) is 65.0 cm³/mol. The van der Waals surface area contributed by atoms with Crippen LogP contribution in [0.15, 0.2) is 24.3 Å². The van der Waals surface area contributed by atoms with E-state index in [1.807, 2.05) is 0 Å². The molecule has 1 atom stereocenters. The fourth-order valence-electron chi connectivity index (χ4n) is 2.82. The minimum atomic E-state index is 0.645. The van der Waals surface area contributed by atoms with E-state index < -0.39 is 0 Å². The Hall–Kier alpha value is -0.820. The average molecular weight is 203 g/mol. The molecular formula is C14H21N. The van der Waals surface area contributed by atoms with Crippen LogP contribution in [0.1, 0.15) is 44.4 Å². The van der Waals surface area contributed by atoms with Crippen LogP contribution >= 0.6 is 0 Å². The largest absolute Gasteiger partial charge is 0.294 e. The van der Waals surface area contributed by atoms with Crippen molar-refractivity contribution < 1.29 is 0 Å². The van der Waals surface area contributed by atoms with Gasteiger partial charge < -0.3 is 0 Å². The summed E-state index contributed by atoms with van der Waals surface area (Å²) in [6.45, 7) is 8.01. The van der Waals surface area contributed by atoms with Crippen molar-refractivity contribution in [1.82, 2.24) is 4.90 Å². The first-order valence-corrected chi connectivity index (χ1v) is 6.07. The molecule has 0 bridgehead atoms. The number of hydrogen-bond acceptors (Lipinski definition) is 1. The quantitative estimate of drug-likeness (QED) is 0.727. The number of fused-ring (bicyclic) bond motifs is 1. The molecule has 1 unspecified atom stereocenters. The standard InChI is InChI=1S/C14H21N/c1-4-15(11(2)3)14-10-9-12-7-5-6-8-13(12)14/h5-8,11,14H,4,9-10H2,1-3H3. The summed E-state index contributed by atoms with van der Waals surface area (Å²) in [5.74, 6) is 0. The lowest BCUT2D eigenvalue weighted by Gasteiger charge is -2.32. The van der Waals surface area contributed by atoms with Crippen LogP contribution in [0, 0.1) is 0 Å². The number of nitrogens with zero attached hydrogens (tertiary/aromatic N) is 1. The molecule has 1 aromatic rings. The Morgan fingerprint density at radius 2 is 2.07 bits per heavy atom. The molecule has 0 fully saturated rings. The van der Waals surface area contributed by atoms with Crippen LogP contribution in [0.3, 0.4) is 0 Å². The van der Waals surface area contributed by atoms with Gasteiger partial charge in [0.2, 0.25) is 0 Å². The second-order valence-corrected chi connectivity index (χ2v) is 4.68. The minimum absolute atomic E-state index is 0.645. The zero-order valence-corrected chi connectivity index (χ0v) is 10.0. The van der Waals surface area contributed by atoms with E-state index in [-0.39, 0.29) is 0 Å². The highest BCUT2D eigenvalue weighted by Gasteiger charge is 2.27. The van der Waals surface area contributed by atoms with E-state index in [9.17, 15) is 0 Å². The fraction of sp³-hybridized carbons (Fsp3) is 0.571. The van der Waals surface area contributed by atoms with E-state index in [1.165, 1.54) is 12.8 Å². The van der Waals surface area contributed by atoms with Gasteiger partial charge in [-0.2, -0.15) is 0 Å². The Kier molecular flexibility index (Phi) is 3.11. The van der Waals surface area contributed by atoms with Gasteiger partial charge in [0, 0.05) is 12.1 Å². The van der Waals surface area contributed by atoms with Crippen molar-refractivity contribution in [2.75, 3.05) is 6.54 Å². The lowest BCUT2D eigenvalue weighted by molar-refractivity contribution is 0.162. The molecule has 0 amide bonds. The molecule has 1 nitrogen and oxygen atoms in total. The lowest BCUT2D eigenvalue weighted by atomic mass is 10.1. The van der Waals surface area contributed by atoms with Crippen molar-refractivity contribution in [2.45, 2.75) is 45.7 Å². The molecule has 0 saturated carbocycles. The molecule has 0 spiro atoms. The van der Waals surface area contributed by atoms with E-state index in [2.05, 4.69) is 49.9 Å². The second-order valence-electron chi connectivity index (χ2n) is 4.68. The van der Waals surface area contributed by atoms with Gasteiger partial charge in [-0.1, -0.05) is 31.2 Å². The van der Waals surface area contributed by atoms with E-state index in [1.54, 1.807) is 11.1 Å². The van der Waals surface area contributed by atoms with Crippen molar-refractivity contribution in [3.05, 3.63) is 35.4 Å². The summed E-state index contributed by atoms with van der Waals surface area (Å²) in [5, 5.41) is 0. The number of hydrogen-bond donors (Lipinski definition) is 0. The normalized spacial score (nSPS) is 19.9. The number of aryl methyl sites for hydroxylation is 1. The molecule has 1 aliphatic rings. The zero-order valence-electron chi connectivity index (χ0n) is 10.0. The molecule has 1 heteroatoms. The van der Waals surface area contributed by atoms with Crippen molar-refractivity contribution in [3.8, 4) is 0 Å². The van der Waals surface area contributed by atoms with Crippen LogP contribution in [-0.2, 0) is 6.42 Å². The van der Waals surface area contributed by atoms with Crippen LogP contribution in [0.4, 0.5) is 0 Å². The van der Waals surface area contributed by atoms with Gasteiger partial charge in [-0.15, -0.1) is 0 Å². The van der Waals surface area contributed by atoms with Crippen LogP contribution < -0.4 is 0 Å². The molecule has 1 aliphatic carbocycles. The molecule has 82 valence electrons. The zero-order chi connectivity index (χ0) is 10.8. The van der Waals surface area contributed by atoms with Crippen molar-refractivity contribution >= 4 is 0 Å². The van der Waals surface area contributed by atoms with Gasteiger partial charge in [0.25, 0.3) is 0 Å². The van der Waals surface area contributed by atoms with Crippen LogP contribution in [0.5, 0.6) is 0 Å². The smallest absolute Gasteiger partial charge is 0.0356 e. The Labute approximate surface area is 93.1 Å². The van der Waals surface area contributed by atoms with Crippen LogP contribution in [0.25, 0.3) is 0 Å². The Balaban J connectivity index is 2.26. The van der Waals surface area contributed by atoms with E-state index >= 15 is 0 Å². The van der Waals surface area contributed by atoms with E-state index in [0.717, 1.165) is 6.54 Å². The van der Waals surface area contributed by atoms with Crippen LogP contribution in [0.2, 0.25) is 0 Å². The first kappa shape index (κ1) is 10.7. The van der Waals surface area contributed by atoms with Gasteiger partial charge in [0.05, 0.1) is 0 Å². The summed E-state index contributed by atoms with van der Waals surface area (Å²) in [4.78, 5) is 2.60. The topological polar surface area (TPSA) is 3.24 Å². The number of benzene rings is 1. The third-order valence-electron chi connectivity index (χ3n) is 3.53. The first-order chi connectivity index (χ1) is 7.24. The maximum Gasteiger partial charge on any atom is 0.0356 e. The second kappa shape index (κ2) is 4.36. The van der Waals surface area contributed by atoms with Gasteiger partial charge in [-0.05, 0) is 44.4 Å². The molecule has 0 N–H and O–H groups in total. The minimum Gasteiger partial charge on any atom is -0.294 e. The Bertz CT molecular complexity index is 330. The van der Waals surface area contributed by atoms with E-state index in [0.29, 0.717) is 12.1 Å². The molecule has 0 radical (unpaired) electrons. The molecule has 0 saturated heterocycles. The summed E-state index contributed by atoms with van der Waals surface area (Å²) >= 11 is 0. The summed E-state index contributed by atoms with van der Waals surface area (Å²) in [5.41, 5.74) is 3.12. The highest BCUT2D eigenvalue weighted by molar-refractivity contribution is 5.34. The third kappa shape index (κ3) is 1.93. The van der Waals surface area contributed by atoms with E-state index in [4.69, 9.17) is 0 Å². The van der Waals surface area contributed by atoms with Gasteiger partial charge in [-0.25, -0.2) is 0 Å². The lowest BCUT2D eigenvalue weighted by Crippen LogP contribution is -2.33. The molecule has 1 aromatic carbocycles. The first-order valence-electron chi connectivity index (χ1n) is 6.07. The van der Waals surface area contributed by atoms with Crippen molar-refractivity contribution in [2.24, 2.45) is 0 Å². The Morgan fingerprint density at radius 1 is 1.33 bits per heavy atom. The molecular weight excluding hydrogens is 182 g/mol. The summed E-state index contributed by atoms with van der Waals surface area (Å²) in [6, 6.07) is 10.2. The predicted octanol–water partition coefficient (Wildman–Crippen LogP) is 3.40.